The van der Waals surface area contributed by atoms with E-state index < -0.39 is 0 Å². The van der Waals surface area contributed by atoms with E-state index in [1.54, 1.807) is 0 Å². The first-order valence-electron chi connectivity index (χ1n) is 12.0. The SMILES string of the molecule is CNC1=C(c2ccccc2N)C=C(C2=Cc3c(sc4ccc(-c5ccccc5)cc34)CC2)CC1. The molecular weight excluding hydrogens is 432 g/mol. The van der Waals surface area contributed by atoms with Gasteiger partial charge in [0, 0.05) is 44.5 Å². The average molecular weight is 461 g/mol. The average Bonchev–Trinajstić information content (AvgIpc) is 3.26. The zero-order valence-corrected chi connectivity index (χ0v) is 20.2. The number of anilines is 1. The first-order valence-corrected chi connectivity index (χ1v) is 12.8. The van der Waals surface area contributed by atoms with Crippen molar-refractivity contribution in [2.45, 2.75) is 25.7 Å². The molecule has 0 amide bonds. The summed E-state index contributed by atoms with van der Waals surface area (Å²) in [5.41, 5.74) is 17.7. The highest BCUT2D eigenvalue weighted by molar-refractivity contribution is 7.19. The van der Waals surface area contributed by atoms with Gasteiger partial charge in [0.2, 0.25) is 0 Å². The normalized spacial score (nSPS) is 15.7. The number of benzene rings is 3. The molecule has 3 aromatic carbocycles. The summed E-state index contributed by atoms with van der Waals surface area (Å²) in [7, 11) is 2.02. The number of rotatable bonds is 4. The van der Waals surface area contributed by atoms with Gasteiger partial charge < -0.3 is 11.1 Å². The number of nitrogen functional groups attached to an aromatic ring is 1. The Labute approximate surface area is 205 Å². The van der Waals surface area contributed by atoms with E-state index in [0.717, 1.165) is 36.9 Å². The lowest BCUT2D eigenvalue weighted by molar-refractivity contribution is 0.810. The second-order valence-corrected chi connectivity index (χ2v) is 10.2. The van der Waals surface area contributed by atoms with Gasteiger partial charge in [-0.05, 0) is 83.9 Å². The summed E-state index contributed by atoms with van der Waals surface area (Å²) >= 11 is 1.96. The summed E-state index contributed by atoms with van der Waals surface area (Å²) in [5.74, 6) is 0. The predicted octanol–water partition coefficient (Wildman–Crippen LogP) is 7.83. The number of nitrogens with one attached hydrogen (secondary N) is 1. The maximum atomic E-state index is 6.36. The molecule has 168 valence electrons. The number of aryl methyl sites for hydroxylation is 1. The minimum Gasteiger partial charge on any atom is -0.398 e. The highest BCUT2D eigenvalue weighted by Crippen LogP contribution is 2.43. The first-order chi connectivity index (χ1) is 16.7. The summed E-state index contributed by atoms with van der Waals surface area (Å²) in [6.07, 6.45) is 9.13. The number of hydrogen-bond acceptors (Lipinski definition) is 3. The fourth-order valence-corrected chi connectivity index (χ4v) is 6.46. The molecule has 0 radical (unpaired) electrons. The quantitative estimate of drug-likeness (QED) is 0.305. The van der Waals surface area contributed by atoms with Crippen LogP contribution in [0.2, 0.25) is 0 Å². The molecule has 0 fully saturated rings. The van der Waals surface area contributed by atoms with Gasteiger partial charge in [-0.25, -0.2) is 0 Å². The van der Waals surface area contributed by atoms with Crippen molar-refractivity contribution in [1.82, 2.24) is 5.32 Å². The monoisotopic (exact) mass is 460 g/mol. The molecule has 4 aromatic rings. The summed E-state index contributed by atoms with van der Waals surface area (Å²) in [6, 6.07) is 25.8. The van der Waals surface area contributed by atoms with Gasteiger partial charge in [0.15, 0.2) is 0 Å². The smallest absolute Gasteiger partial charge is 0.0394 e. The molecule has 34 heavy (non-hydrogen) atoms. The van der Waals surface area contributed by atoms with Crippen molar-refractivity contribution < 1.29 is 0 Å². The van der Waals surface area contributed by atoms with Gasteiger partial charge in [0.05, 0.1) is 0 Å². The van der Waals surface area contributed by atoms with Crippen LogP contribution in [0.1, 0.15) is 35.3 Å². The molecule has 0 saturated carbocycles. The van der Waals surface area contributed by atoms with E-state index in [9.17, 15) is 0 Å². The van der Waals surface area contributed by atoms with E-state index in [2.05, 4.69) is 78.1 Å². The third kappa shape index (κ3) is 3.66. The van der Waals surface area contributed by atoms with Crippen molar-refractivity contribution >= 4 is 38.8 Å². The van der Waals surface area contributed by atoms with Crippen LogP contribution in [0.4, 0.5) is 5.69 Å². The van der Waals surface area contributed by atoms with Crippen LogP contribution in [0.5, 0.6) is 0 Å². The Morgan fingerprint density at radius 2 is 1.53 bits per heavy atom. The minimum absolute atomic E-state index is 0.833. The lowest BCUT2D eigenvalue weighted by Crippen LogP contribution is -2.13. The van der Waals surface area contributed by atoms with Crippen molar-refractivity contribution in [2.75, 3.05) is 12.8 Å². The molecule has 6 rings (SSSR count). The molecule has 1 aromatic heterocycles. The van der Waals surface area contributed by atoms with Gasteiger partial charge in [-0.1, -0.05) is 54.6 Å². The largest absolute Gasteiger partial charge is 0.398 e. The fourth-order valence-electron chi connectivity index (χ4n) is 5.29. The number of nitrogens with two attached hydrogens (primary N) is 1. The van der Waals surface area contributed by atoms with Gasteiger partial charge in [-0.15, -0.1) is 11.3 Å². The highest BCUT2D eigenvalue weighted by Gasteiger charge is 2.22. The molecule has 1 heterocycles. The molecular formula is C31H28N2S. The van der Waals surface area contributed by atoms with Gasteiger partial charge in [-0.3, -0.25) is 0 Å². The molecule has 2 aliphatic rings. The van der Waals surface area contributed by atoms with E-state index in [1.165, 1.54) is 54.1 Å². The zero-order valence-electron chi connectivity index (χ0n) is 19.4. The van der Waals surface area contributed by atoms with E-state index >= 15 is 0 Å². The lowest BCUT2D eigenvalue weighted by atomic mass is 9.84. The Morgan fingerprint density at radius 1 is 0.765 bits per heavy atom. The number of thiophene rings is 1. The third-order valence-corrected chi connectivity index (χ3v) is 8.35. The fraction of sp³-hybridized carbons (Fsp3) is 0.161. The van der Waals surface area contributed by atoms with Gasteiger partial charge in [0.25, 0.3) is 0 Å². The molecule has 3 heteroatoms. The topological polar surface area (TPSA) is 38.0 Å². The maximum Gasteiger partial charge on any atom is 0.0394 e. The van der Waals surface area contributed by atoms with Crippen LogP contribution < -0.4 is 11.1 Å². The van der Waals surface area contributed by atoms with Crippen LogP contribution in [0.25, 0.3) is 32.9 Å². The summed E-state index contributed by atoms with van der Waals surface area (Å²) < 4.78 is 1.38. The highest BCUT2D eigenvalue weighted by atomic mass is 32.1. The van der Waals surface area contributed by atoms with Crippen LogP contribution in [0.15, 0.2) is 95.7 Å². The molecule has 0 spiro atoms. The van der Waals surface area contributed by atoms with Crippen molar-refractivity contribution in [3.63, 3.8) is 0 Å². The van der Waals surface area contributed by atoms with E-state index in [-0.39, 0.29) is 0 Å². The molecule has 0 saturated heterocycles. The minimum atomic E-state index is 0.833. The van der Waals surface area contributed by atoms with Crippen LogP contribution in [-0.4, -0.2) is 7.05 Å². The number of hydrogen-bond donors (Lipinski definition) is 2. The van der Waals surface area contributed by atoms with Crippen LogP contribution in [-0.2, 0) is 6.42 Å². The molecule has 0 bridgehead atoms. The molecule has 2 nitrogen and oxygen atoms in total. The number of fused-ring (bicyclic) bond motifs is 3. The standard InChI is InChI=1S/C31H28N2S/c1-33-29-14-11-22(17-25(29)24-9-5-6-10-28(24)32)23-13-16-31-27(19-23)26-18-21(12-15-30(26)34-31)20-7-3-2-4-8-20/h2-10,12,15,17-19,33H,11,13-14,16,32H2,1H3. The molecule has 0 unspecified atom stereocenters. The van der Waals surface area contributed by atoms with E-state index in [4.69, 9.17) is 5.73 Å². The second-order valence-electron chi connectivity index (χ2n) is 9.08. The van der Waals surface area contributed by atoms with E-state index in [0.29, 0.717) is 0 Å². The van der Waals surface area contributed by atoms with Gasteiger partial charge in [0.1, 0.15) is 0 Å². The van der Waals surface area contributed by atoms with E-state index in [1.807, 2.05) is 30.5 Å². The van der Waals surface area contributed by atoms with Crippen molar-refractivity contribution in [3.05, 3.63) is 112 Å². The predicted molar refractivity (Wildman–Crippen MR) is 148 cm³/mol. The van der Waals surface area contributed by atoms with Crippen LogP contribution in [0.3, 0.4) is 0 Å². The van der Waals surface area contributed by atoms with Crippen LogP contribution in [0, 0.1) is 0 Å². The second kappa shape index (κ2) is 8.66. The Kier molecular flexibility index (Phi) is 5.35. The van der Waals surface area contributed by atoms with Crippen molar-refractivity contribution in [2.24, 2.45) is 0 Å². The summed E-state index contributed by atoms with van der Waals surface area (Å²) in [5, 5.41) is 4.81. The Hall–Kier alpha value is -3.56. The zero-order chi connectivity index (χ0) is 23.1. The summed E-state index contributed by atoms with van der Waals surface area (Å²) in [4.78, 5) is 1.51. The third-order valence-electron chi connectivity index (χ3n) is 7.10. The van der Waals surface area contributed by atoms with Crippen molar-refractivity contribution in [1.29, 1.82) is 0 Å². The Bertz CT molecular complexity index is 1480. The van der Waals surface area contributed by atoms with Gasteiger partial charge in [-0.2, -0.15) is 0 Å². The lowest BCUT2D eigenvalue weighted by Gasteiger charge is -2.24. The Balaban J connectivity index is 1.43. The van der Waals surface area contributed by atoms with Crippen LogP contribution >= 0.6 is 11.3 Å². The Morgan fingerprint density at radius 3 is 2.35 bits per heavy atom. The molecule has 0 aliphatic heterocycles. The maximum absolute atomic E-state index is 6.36. The molecule has 0 atom stereocenters. The summed E-state index contributed by atoms with van der Waals surface area (Å²) in [6.45, 7) is 0. The van der Waals surface area contributed by atoms with Gasteiger partial charge >= 0.3 is 0 Å². The van der Waals surface area contributed by atoms with Crippen molar-refractivity contribution in [3.8, 4) is 11.1 Å². The first kappa shape index (κ1) is 21.0. The molecule has 3 N–H and O–H groups in total. The number of para-hydroxylation sites is 1. The number of allylic oxidation sites excluding steroid dienone is 5. The molecule has 2 aliphatic carbocycles.